The summed E-state index contributed by atoms with van der Waals surface area (Å²) >= 11 is 3.49. The molecule has 0 bridgehead atoms. The molecule has 130 valence electrons. The van der Waals surface area contributed by atoms with E-state index in [2.05, 4.69) is 46.9 Å². The van der Waals surface area contributed by atoms with E-state index in [4.69, 9.17) is 4.74 Å². The standard InChI is InChI=1S/C20H20BrNO3/c1-11(2)12-4-6-17-14(8-12)15(10-19(23)24)20(22-17)16-9-13(21)5-7-18(16)25-3/h4-9,11,22H,10H2,1-3H3,(H,23,24). The van der Waals surface area contributed by atoms with Gasteiger partial charge in [-0.25, -0.2) is 0 Å². The largest absolute Gasteiger partial charge is 0.496 e. The molecule has 0 radical (unpaired) electrons. The van der Waals surface area contributed by atoms with Crippen molar-refractivity contribution in [2.24, 2.45) is 0 Å². The van der Waals surface area contributed by atoms with Gasteiger partial charge in [0, 0.05) is 20.9 Å². The van der Waals surface area contributed by atoms with Crippen molar-refractivity contribution < 1.29 is 14.6 Å². The molecular weight excluding hydrogens is 382 g/mol. The smallest absolute Gasteiger partial charge is 0.307 e. The number of aromatic nitrogens is 1. The molecule has 25 heavy (non-hydrogen) atoms. The molecule has 4 nitrogen and oxygen atoms in total. The Bertz CT molecular complexity index is 944. The van der Waals surface area contributed by atoms with Crippen molar-refractivity contribution in [2.45, 2.75) is 26.2 Å². The van der Waals surface area contributed by atoms with Crippen LogP contribution in [0.5, 0.6) is 5.75 Å². The lowest BCUT2D eigenvalue weighted by atomic mass is 9.97. The van der Waals surface area contributed by atoms with Gasteiger partial charge in [-0.2, -0.15) is 0 Å². The number of hydrogen-bond acceptors (Lipinski definition) is 2. The highest BCUT2D eigenvalue weighted by atomic mass is 79.9. The molecule has 3 aromatic rings. The maximum absolute atomic E-state index is 11.5. The van der Waals surface area contributed by atoms with Gasteiger partial charge in [-0.3, -0.25) is 4.79 Å². The van der Waals surface area contributed by atoms with E-state index < -0.39 is 5.97 Å². The van der Waals surface area contributed by atoms with Gasteiger partial charge in [0.1, 0.15) is 5.75 Å². The second-order valence-electron chi connectivity index (χ2n) is 6.35. The first-order valence-corrected chi connectivity index (χ1v) is 8.90. The Morgan fingerprint density at radius 2 is 2.00 bits per heavy atom. The zero-order valence-electron chi connectivity index (χ0n) is 14.4. The fraction of sp³-hybridized carbons (Fsp3) is 0.250. The molecule has 0 atom stereocenters. The van der Waals surface area contributed by atoms with Crippen molar-refractivity contribution >= 4 is 32.8 Å². The summed E-state index contributed by atoms with van der Waals surface area (Å²) in [5.74, 6) is 0.220. The second kappa shape index (κ2) is 6.92. The van der Waals surface area contributed by atoms with Gasteiger partial charge in [-0.15, -0.1) is 0 Å². The van der Waals surface area contributed by atoms with E-state index in [1.165, 1.54) is 5.56 Å². The number of carboxylic acids is 1. The van der Waals surface area contributed by atoms with Crippen LogP contribution in [-0.2, 0) is 11.2 Å². The van der Waals surface area contributed by atoms with Gasteiger partial charge in [0.15, 0.2) is 0 Å². The number of hydrogen-bond donors (Lipinski definition) is 2. The fourth-order valence-corrected chi connectivity index (χ4v) is 3.43. The molecule has 0 fully saturated rings. The number of rotatable bonds is 5. The molecule has 0 spiro atoms. The van der Waals surface area contributed by atoms with Gasteiger partial charge in [0.2, 0.25) is 0 Å². The van der Waals surface area contributed by atoms with E-state index in [-0.39, 0.29) is 6.42 Å². The first kappa shape index (κ1) is 17.5. The number of H-pyrrole nitrogens is 1. The zero-order chi connectivity index (χ0) is 18.1. The third kappa shape index (κ3) is 3.42. The van der Waals surface area contributed by atoms with Crippen LogP contribution in [0.4, 0.5) is 0 Å². The monoisotopic (exact) mass is 401 g/mol. The average Bonchev–Trinajstić information content (AvgIpc) is 2.92. The molecule has 0 saturated carbocycles. The number of aliphatic carboxylic acids is 1. The quantitative estimate of drug-likeness (QED) is 0.604. The minimum absolute atomic E-state index is 0.0491. The molecule has 2 N–H and O–H groups in total. The molecule has 0 aliphatic rings. The summed E-state index contributed by atoms with van der Waals surface area (Å²) < 4.78 is 6.39. The number of halogens is 1. The number of carboxylic acid groups (broad SMARTS) is 1. The molecule has 1 aromatic heterocycles. The minimum Gasteiger partial charge on any atom is -0.496 e. The molecule has 5 heteroatoms. The van der Waals surface area contributed by atoms with Crippen LogP contribution in [0.1, 0.15) is 30.9 Å². The number of aromatic amines is 1. The summed E-state index contributed by atoms with van der Waals surface area (Å²) in [5.41, 5.74) is 4.52. The Hall–Kier alpha value is -2.27. The number of ether oxygens (including phenoxy) is 1. The average molecular weight is 402 g/mol. The summed E-state index contributed by atoms with van der Waals surface area (Å²) in [6.07, 6.45) is -0.0491. The Labute approximate surface area is 155 Å². The normalized spacial score (nSPS) is 11.2. The highest BCUT2D eigenvalue weighted by Crippen LogP contribution is 2.38. The molecule has 0 amide bonds. The molecule has 0 aliphatic carbocycles. The highest BCUT2D eigenvalue weighted by molar-refractivity contribution is 9.10. The van der Waals surface area contributed by atoms with Crippen molar-refractivity contribution in [1.82, 2.24) is 4.98 Å². The highest BCUT2D eigenvalue weighted by Gasteiger charge is 2.19. The number of fused-ring (bicyclic) bond motifs is 1. The van der Waals surface area contributed by atoms with E-state index in [0.717, 1.165) is 32.2 Å². The Morgan fingerprint density at radius 3 is 2.64 bits per heavy atom. The number of nitrogens with one attached hydrogen (secondary N) is 1. The molecule has 0 unspecified atom stereocenters. The van der Waals surface area contributed by atoms with Crippen LogP contribution < -0.4 is 4.74 Å². The van der Waals surface area contributed by atoms with E-state index in [9.17, 15) is 9.90 Å². The van der Waals surface area contributed by atoms with Crippen LogP contribution in [0, 0.1) is 0 Å². The van der Waals surface area contributed by atoms with E-state index in [0.29, 0.717) is 11.7 Å². The van der Waals surface area contributed by atoms with Crippen molar-refractivity contribution in [2.75, 3.05) is 7.11 Å². The lowest BCUT2D eigenvalue weighted by Crippen LogP contribution is -2.01. The van der Waals surface area contributed by atoms with Gasteiger partial charge >= 0.3 is 5.97 Å². The van der Waals surface area contributed by atoms with Gasteiger partial charge in [0.05, 0.1) is 19.2 Å². The van der Waals surface area contributed by atoms with E-state index in [1.807, 2.05) is 24.3 Å². The summed E-state index contributed by atoms with van der Waals surface area (Å²) in [5, 5.41) is 10.4. The molecular formula is C20H20BrNO3. The predicted octanol–water partition coefficient (Wildman–Crippen LogP) is 5.36. The van der Waals surface area contributed by atoms with Crippen LogP contribution in [0.2, 0.25) is 0 Å². The number of benzene rings is 2. The molecule has 2 aromatic carbocycles. The summed E-state index contributed by atoms with van der Waals surface area (Å²) in [6, 6.07) is 11.9. The fourth-order valence-electron chi connectivity index (χ4n) is 3.06. The number of carbonyl (C=O) groups is 1. The number of methoxy groups -OCH3 is 1. The van der Waals surface area contributed by atoms with Gasteiger partial charge in [-0.05, 0) is 47.4 Å². The van der Waals surface area contributed by atoms with Crippen LogP contribution in [0.15, 0.2) is 40.9 Å². The molecule has 0 saturated heterocycles. The third-order valence-corrected chi connectivity index (χ3v) is 4.85. The van der Waals surface area contributed by atoms with Gasteiger partial charge < -0.3 is 14.8 Å². The molecule has 0 aliphatic heterocycles. The van der Waals surface area contributed by atoms with Crippen LogP contribution in [0.3, 0.4) is 0 Å². The van der Waals surface area contributed by atoms with Crippen LogP contribution in [-0.4, -0.2) is 23.2 Å². The topological polar surface area (TPSA) is 62.3 Å². The Balaban J connectivity index is 2.31. The van der Waals surface area contributed by atoms with Crippen molar-refractivity contribution in [1.29, 1.82) is 0 Å². The lowest BCUT2D eigenvalue weighted by Gasteiger charge is -2.10. The lowest BCUT2D eigenvalue weighted by molar-refractivity contribution is -0.136. The van der Waals surface area contributed by atoms with Crippen LogP contribution in [0.25, 0.3) is 22.2 Å². The second-order valence-corrected chi connectivity index (χ2v) is 7.27. The van der Waals surface area contributed by atoms with Crippen molar-refractivity contribution in [3.8, 4) is 17.0 Å². The summed E-state index contributed by atoms with van der Waals surface area (Å²) in [4.78, 5) is 14.9. The third-order valence-electron chi connectivity index (χ3n) is 4.36. The Kier molecular flexibility index (Phi) is 4.86. The summed E-state index contributed by atoms with van der Waals surface area (Å²) in [6.45, 7) is 4.26. The van der Waals surface area contributed by atoms with E-state index >= 15 is 0 Å². The van der Waals surface area contributed by atoms with Crippen LogP contribution >= 0.6 is 15.9 Å². The molecule has 1 heterocycles. The predicted molar refractivity (Wildman–Crippen MR) is 103 cm³/mol. The van der Waals surface area contributed by atoms with Gasteiger partial charge in [0.25, 0.3) is 0 Å². The zero-order valence-corrected chi connectivity index (χ0v) is 16.0. The minimum atomic E-state index is -0.855. The van der Waals surface area contributed by atoms with Crippen molar-refractivity contribution in [3.05, 3.63) is 52.0 Å². The first-order valence-electron chi connectivity index (χ1n) is 8.11. The maximum Gasteiger partial charge on any atom is 0.307 e. The van der Waals surface area contributed by atoms with Gasteiger partial charge in [-0.1, -0.05) is 35.8 Å². The Morgan fingerprint density at radius 1 is 1.24 bits per heavy atom. The van der Waals surface area contributed by atoms with E-state index in [1.54, 1.807) is 7.11 Å². The summed E-state index contributed by atoms with van der Waals surface area (Å²) in [7, 11) is 1.61. The SMILES string of the molecule is COc1ccc(Br)cc1-c1[nH]c2ccc(C(C)C)cc2c1CC(=O)O. The van der Waals surface area contributed by atoms with Crippen molar-refractivity contribution in [3.63, 3.8) is 0 Å². The first-order chi connectivity index (χ1) is 11.9. The molecule has 3 rings (SSSR count). The maximum atomic E-state index is 11.5.